The van der Waals surface area contributed by atoms with Gasteiger partial charge in [0.05, 0.1) is 20.3 Å². The Hall–Kier alpha value is -1.79. The van der Waals surface area contributed by atoms with E-state index in [4.69, 9.17) is 18.9 Å². The van der Waals surface area contributed by atoms with Crippen LogP contribution in [-0.4, -0.2) is 53.6 Å². The second-order valence-corrected chi connectivity index (χ2v) is 6.61. The van der Waals surface area contributed by atoms with Gasteiger partial charge in [-0.3, -0.25) is 4.79 Å². The molecule has 6 heteroatoms. The Labute approximate surface area is 150 Å². The van der Waals surface area contributed by atoms with Gasteiger partial charge < -0.3 is 24.3 Å². The predicted octanol–water partition coefficient (Wildman–Crippen LogP) is 2.44. The molecule has 0 aromatic heterocycles. The van der Waals surface area contributed by atoms with Gasteiger partial charge in [0.1, 0.15) is 0 Å². The Balaban J connectivity index is 2.96. The van der Waals surface area contributed by atoms with Crippen molar-refractivity contribution in [3.05, 3.63) is 23.8 Å². The Morgan fingerprint density at radius 3 is 2.52 bits per heavy atom. The molecule has 1 N–H and O–H groups in total. The molecule has 0 bridgehead atoms. The van der Waals surface area contributed by atoms with E-state index in [9.17, 15) is 4.79 Å². The van der Waals surface area contributed by atoms with Crippen LogP contribution >= 0.6 is 0 Å². The van der Waals surface area contributed by atoms with Gasteiger partial charge in [-0.25, -0.2) is 0 Å². The number of benzene rings is 1. The van der Waals surface area contributed by atoms with Crippen molar-refractivity contribution in [2.45, 2.75) is 32.7 Å². The molecule has 1 aromatic carbocycles. The highest BCUT2D eigenvalue weighted by Crippen LogP contribution is 2.34. The number of carbonyl (C=O) groups excluding carboxylic acids is 1. The molecule has 1 atom stereocenters. The molecule has 6 nitrogen and oxygen atoms in total. The molecule has 0 spiro atoms. The van der Waals surface area contributed by atoms with Crippen LogP contribution in [0.5, 0.6) is 11.5 Å². The molecule has 1 unspecified atom stereocenters. The Kier molecular flexibility index (Phi) is 9.31. The largest absolute Gasteiger partial charge is 0.493 e. The third-order valence-corrected chi connectivity index (χ3v) is 4.17. The van der Waals surface area contributed by atoms with Crippen LogP contribution in [0.2, 0.25) is 0 Å². The topological polar surface area (TPSA) is 66.0 Å². The molecule has 0 aliphatic carbocycles. The minimum atomic E-state index is -0.226. The molecule has 142 valence electrons. The summed E-state index contributed by atoms with van der Waals surface area (Å²) in [6.07, 6.45) is 2.16. The van der Waals surface area contributed by atoms with Gasteiger partial charge >= 0.3 is 0 Å². The van der Waals surface area contributed by atoms with E-state index in [0.29, 0.717) is 37.7 Å². The average molecular weight is 353 g/mol. The average Bonchev–Trinajstić information content (AvgIpc) is 2.58. The molecule has 1 aromatic rings. The van der Waals surface area contributed by atoms with Crippen molar-refractivity contribution >= 4 is 6.41 Å². The fourth-order valence-corrected chi connectivity index (χ4v) is 2.79. The fraction of sp³-hybridized carbons (Fsp3) is 0.632. The Morgan fingerprint density at radius 1 is 1.16 bits per heavy atom. The molecule has 1 amide bonds. The molecule has 25 heavy (non-hydrogen) atoms. The van der Waals surface area contributed by atoms with Gasteiger partial charge in [-0.05, 0) is 12.5 Å². The van der Waals surface area contributed by atoms with E-state index < -0.39 is 0 Å². The zero-order valence-electron chi connectivity index (χ0n) is 16.0. The maximum Gasteiger partial charge on any atom is 0.207 e. The van der Waals surface area contributed by atoms with Crippen molar-refractivity contribution in [3.63, 3.8) is 0 Å². The van der Waals surface area contributed by atoms with Crippen LogP contribution in [0.3, 0.4) is 0 Å². The van der Waals surface area contributed by atoms with Crippen LogP contribution in [0.4, 0.5) is 0 Å². The minimum Gasteiger partial charge on any atom is -0.493 e. The second kappa shape index (κ2) is 10.9. The first-order chi connectivity index (χ1) is 12.0. The van der Waals surface area contributed by atoms with Crippen molar-refractivity contribution in [1.82, 2.24) is 5.32 Å². The first-order valence-corrected chi connectivity index (χ1v) is 8.46. The van der Waals surface area contributed by atoms with Gasteiger partial charge in [0.25, 0.3) is 0 Å². The van der Waals surface area contributed by atoms with Crippen LogP contribution in [-0.2, 0) is 20.7 Å². The van der Waals surface area contributed by atoms with Gasteiger partial charge in [0.15, 0.2) is 11.5 Å². The molecule has 0 fully saturated rings. The first kappa shape index (κ1) is 21.3. The monoisotopic (exact) mass is 353 g/mol. The maximum atomic E-state index is 11.1. The first-order valence-electron chi connectivity index (χ1n) is 8.46. The summed E-state index contributed by atoms with van der Waals surface area (Å²) in [4.78, 5) is 11.1. The van der Waals surface area contributed by atoms with E-state index in [1.807, 2.05) is 18.2 Å². The zero-order chi connectivity index (χ0) is 18.7. The summed E-state index contributed by atoms with van der Waals surface area (Å²) < 4.78 is 21.7. The van der Waals surface area contributed by atoms with Crippen LogP contribution in [0, 0.1) is 5.41 Å². The summed E-state index contributed by atoms with van der Waals surface area (Å²) in [7, 11) is 4.96. The normalized spacial score (nSPS) is 12.5. The molecular weight excluding hydrogens is 322 g/mol. The number of hydrogen-bond acceptors (Lipinski definition) is 5. The third-order valence-electron chi connectivity index (χ3n) is 4.17. The van der Waals surface area contributed by atoms with E-state index in [1.54, 1.807) is 21.3 Å². The number of para-hydroxylation sites is 1. The number of hydrogen-bond donors (Lipinski definition) is 1. The van der Waals surface area contributed by atoms with Crippen LogP contribution in [0.25, 0.3) is 0 Å². The van der Waals surface area contributed by atoms with Crippen LogP contribution in [0.15, 0.2) is 18.2 Å². The van der Waals surface area contributed by atoms with Gasteiger partial charge in [-0.2, -0.15) is 0 Å². The number of methoxy groups -OCH3 is 3. The smallest absolute Gasteiger partial charge is 0.207 e. The highest BCUT2D eigenvalue weighted by Gasteiger charge is 2.30. The van der Waals surface area contributed by atoms with E-state index in [0.717, 1.165) is 18.4 Å². The highest BCUT2D eigenvalue weighted by molar-refractivity contribution is 5.49. The van der Waals surface area contributed by atoms with E-state index in [2.05, 4.69) is 19.2 Å². The summed E-state index contributed by atoms with van der Waals surface area (Å²) in [5, 5.41) is 2.91. The molecular formula is C19H31NO5. The van der Waals surface area contributed by atoms with Gasteiger partial charge in [0, 0.05) is 44.3 Å². The quantitative estimate of drug-likeness (QED) is 0.436. The number of carbonyl (C=O) groups is 1. The fourth-order valence-electron chi connectivity index (χ4n) is 2.79. The van der Waals surface area contributed by atoms with Crippen molar-refractivity contribution in [1.29, 1.82) is 0 Å². The Bertz CT molecular complexity index is 519. The summed E-state index contributed by atoms with van der Waals surface area (Å²) in [6, 6.07) is 5.72. The van der Waals surface area contributed by atoms with E-state index in [-0.39, 0.29) is 11.5 Å². The lowest BCUT2D eigenvalue weighted by molar-refractivity contribution is -0.111. The zero-order valence-corrected chi connectivity index (χ0v) is 16.0. The number of ether oxygens (including phenoxy) is 4. The molecule has 0 radical (unpaired) electrons. The van der Waals surface area contributed by atoms with Gasteiger partial charge in [0.2, 0.25) is 6.41 Å². The van der Waals surface area contributed by atoms with Gasteiger partial charge in [-0.1, -0.05) is 26.0 Å². The number of nitrogens with one attached hydrogen (secondary N) is 1. The predicted molar refractivity (Wildman–Crippen MR) is 97.3 cm³/mol. The molecule has 0 heterocycles. The summed E-state index contributed by atoms with van der Waals surface area (Å²) in [5.41, 5.74) is 0.756. The summed E-state index contributed by atoms with van der Waals surface area (Å²) >= 11 is 0. The molecule has 0 aliphatic rings. The molecule has 0 saturated heterocycles. The maximum absolute atomic E-state index is 11.1. The van der Waals surface area contributed by atoms with Gasteiger partial charge in [-0.15, -0.1) is 0 Å². The molecule has 0 aliphatic heterocycles. The van der Waals surface area contributed by atoms with Crippen molar-refractivity contribution in [3.8, 4) is 11.5 Å². The minimum absolute atomic E-state index is 0.0948. The van der Waals surface area contributed by atoms with Crippen LogP contribution < -0.4 is 14.8 Å². The van der Waals surface area contributed by atoms with E-state index >= 15 is 0 Å². The number of amides is 1. The van der Waals surface area contributed by atoms with Crippen LogP contribution in [0.1, 0.15) is 25.8 Å². The second-order valence-electron chi connectivity index (χ2n) is 6.61. The van der Waals surface area contributed by atoms with E-state index in [1.165, 1.54) is 0 Å². The summed E-state index contributed by atoms with van der Waals surface area (Å²) in [5.74, 6) is 1.40. The number of rotatable bonds is 13. The lowest BCUT2D eigenvalue weighted by Crippen LogP contribution is -2.45. The third kappa shape index (κ3) is 6.55. The standard InChI is InChI=1S/C19H31NO5/c1-19(2,13-23-4)17(20-14-21)12-15-8-6-9-16(18(15)24-5)25-11-7-10-22-3/h6,8-9,14,17H,7,10-13H2,1-5H3,(H,20,21). The highest BCUT2D eigenvalue weighted by atomic mass is 16.5. The molecule has 0 saturated carbocycles. The lowest BCUT2D eigenvalue weighted by Gasteiger charge is -2.33. The van der Waals surface area contributed by atoms with Crippen molar-refractivity contribution in [2.75, 3.05) is 41.2 Å². The Morgan fingerprint density at radius 2 is 1.92 bits per heavy atom. The van der Waals surface area contributed by atoms with Crippen molar-refractivity contribution in [2.24, 2.45) is 5.41 Å². The lowest BCUT2D eigenvalue weighted by atomic mass is 9.81. The van der Waals surface area contributed by atoms with Crippen molar-refractivity contribution < 1.29 is 23.7 Å². The molecule has 1 rings (SSSR count). The SMILES string of the molecule is COCCCOc1cccc(CC(NC=O)C(C)(C)COC)c1OC. The summed E-state index contributed by atoms with van der Waals surface area (Å²) in [6.45, 7) is 5.87.